The van der Waals surface area contributed by atoms with Gasteiger partial charge in [-0.05, 0) is 32.9 Å². The molecule has 1 N–H and O–H groups in total. The maximum Gasteiger partial charge on any atom is 0.122 e. The van der Waals surface area contributed by atoms with E-state index >= 15 is 0 Å². The van der Waals surface area contributed by atoms with Gasteiger partial charge in [0.15, 0.2) is 0 Å². The Balaban J connectivity index is 1.80. The maximum absolute atomic E-state index is 5.84. The number of benzene rings is 1. The van der Waals surface area contributed by atoms with E-state index in [-0.39, 0.29) is 5.41 Å². The Kier molecular flexibility index (Phi) is 3.50. The molecule has 3 unspecified atom stereocenters. The van der Waals surface area contributed by atoms with Crippen LogP contribution in [-0.2, 0) is 4.74 Å². The molecule has 3 atom stereocenters. The first-order chi connectivity index (χ1) is 9.25. The topological polar surface area (TPSA) is 30.5 Å². The zero-order valence-electron chi connectivity index (χ0n) is 11.8. The number of hydrogen-bond donors (Lipinski definition) is 1. The van der Waals surface area contributed by atoms with Gasteiger partial charge in [-0.3, -0.25) is 0 Å². The Morgan fingerprint density at radius 3 is 2.95 bits per heavy atom. The van der Waals surface area contributed by atoms with Crippen LogP contribution in [0, 0.1) is 5.41 Å². The van der Waals surface area contributed by atoms with E-state index in [2.05, 4.69) is 30.4 Å². The van der Waals surface area contributed by atoms with Crippen LogP contribution < -0.4 is 10.1 Å². The Morgan fingerprint density at radius 1 is 1.37 bits per heavy atom. The molecule has 3 nitrogen and oxygen atoms in total. The lowest BCUT2D eigenvalue weighted by atomic mass is 9.73. The van der Waals surface area contributed by atoms with Crippen molar-refractivity contribution in [3.05, 3.63) is 29.8 Å². The molecule has 2 aliphatic rings. The lowest BCUT2D eigenvalue weighted by molar-refractivity contribution is 0.0542. The molecule has 2 aliphatic heterocycles. The van der Waals surface area contributed by atoms with E-state index in [1.165, 1.54) is 5.56 Å². The minimum atomic E-state index is 0.250. The second-order valence-corrected chi connectivity index (χ2v) is 5.91. The highest BCUT2D eigenvalue weighted by Crippen LogP contribution is 2.46. The van der Waals surface area contributed by atoms with Crippen molar-refractivity contribution in [3.8, 4) is 5.75 Å². The molecule has 0 aliphatic carbocycles. The van der Waals surface area contributed by atoms with Crippen LogP contribution in [0.2, 0.25) is 0 Å². The lowest BCUT2D eigenvalue weighted by Crippen LogP contribution is -2.39. The highest BCUT2D eigenvalue weighted by molar-refractivity contribution is 5.39. The first-order valence-electron chi connectivity index (χ1n) is 7.23. The van der Waals surface area contributed by atoms with E-state index in [1.807, 2.05) is 13.1 Å². The molecule has 0 spiro atoms. The Hall–Kier alpha value is -1.06. The van der Waals surface area contributed by atoms with Gasteiger partial charge in [0.1, 0.15) is 5.75 Å². The Labute approximate surface area is 115 Å². The van der Waals surface area contributed by atoms with Crippen molar-refractivity contribution in [2.24, 2.45) is 5.41 Å². The van der Waals surface area contributed by atoms with Crippen LogP contribution in [0.1, 0.15) is 31.2 Å². The SMILES string of the molecule is CNCC1(CC2COc3ccccc32)CCOC1C. The monoisotopic (exact) mass is 261 g/mol. The van der Waals surface area contributed by atoms with Crippen molar-refractivity contribution in [1.29, 1.82) is 0 Å². The summed E-state index contributed by atoms with van der Waals surface area (Å²) in [5.74, 6) is 1.58. The van der Waals surface area contributed by atoms with Crippen molar-refractivity contribution in [2.45, 2.75) is 31.8 Å². The van der Waals surface area contributed by atoms with Crippen molar-refractivity contribution >= 4 is 0 Å². The normalized spacial score (nSPS) is 33.2. The minimum Gasteiger partial charge on any atom is -0.493 e. The molecule has 1 aromatic carbocycles. The highest BCUT2D eigenvalue weighted by atomic mass is 16.5. The summed E-state index contributed by atoms with van der Waals surface area (Å²) in [6, 6.07) is 8.45. The molecule has 0 amide bonds. The molecule has 1 fully saturated rings. The summed E-state index contributed by atoms with van der Waals surface area (Å²) >= 11 is 0. The predicted octanol–water partition coefficient (Wildman–Crippen LogP) is 2.57. The van der Waals surface area contributed by atoms with Crippen LogP contribution in [-0.4, -0.2) is 32.9 Å². The van der Waals surface area contributed by atoms with Crippen LogP contribution >= 0.6 is 0 Å². The average molecular weight is 261 g/mol. The minimum absolute atomic E-state index is 0.250. The summed E-state index contributed by atoms with van der Waals surface area (Å²) in [5, 5.41) is 3.36. The fourth-order valence-corrected chi connectivity index (χ4v) is 3.63. The molecule has 3 heteroatoms. The summed E-state index contributed by atoms with van der Waals surface area (Å²) in [7, 11) is 2.03. The summed E-state index contributed by atoms with van der Waals surface area (Å²) in [6.45, 7) is 4.94. The molecule has 0 radical (unpaired) electrons. The lowest BCUT2D eigenvalue weighted by Gasteiger charge is -2.34. The van der Waals surface area contributed by atoms with E-state index in [1.54, 1.807) is 0 Å². The van der Waals surface area contributed by atoms with Gasteiger partial charge in [-0.25, -0.2) is 0 Å². The van der Waals surface area contributed by atoms with Crippen molar-refractivity contribution in [2.75, 3.05) is 26.8 Å². The second kappa shape index (κ2) is 5.14. The maximum atomic E-state index is 5.84. The summed E-state index contributed by atoms with van der Waals surface area (Å²) in [5.41, 5.74) is 1.62. The number of hydrogen-bond acceptors (Lipinski definition) is 3. The first-order valence-corrected chi connectivity index (χ1v) is 7.23. The van der Waals surface area contributed by atoms with Crippen LogP contribution in [0.3, 0.4) is 0 Å². The quantitative estimate of drug-likeness (QED) is 0.903. The molecule has 2 heterocycles. The van der Waals surface area contributed by atoms with Gasteiger partial charge < -0.3 is 14.8 Å². The first kappa shape index (κ1) is 12.9. The molecule has 0 aromatic heterocycles. The summed E-state index contributed by atoms with van der Waals surface area (Å²) in [6.07, 6.45) is 2.62. The molecular formula is C16H23NO2. The molecule has 1 aromatic rings. The Morgan fingerprint density at radius 2 is 2.21 bits per heavy atom. The zero-order valence-corrected chi connectivity index (χ0v) is 11.8. The van der Waals surface area contributed by atoms with E-state index in [0.29, 0.717) is 12.0 Å². The largest absolute Gasteiger partial charge is 0.493 e. The van der Waals surface area contributed by atoms with Gasteiger partial charge in [0, 0.05) is 30.0 Å². The molecule has 0 bridgehead atoms. The third-order valence-electron chi connectivity index (χ3n) is 4.81. The molecule has 104 valence electrons. The number of para-hydroxylation sites is 1. The number of fused-ring (bicyclic) bond motifs is 1. The van der Waals surface area contributed by atoms with Crippen LogP contribution in [0.4, 0.5) is 0 Å². The van der Waals surface area contributed by atoms with Gasteiger partial charge in [-0.15, -0.1) is 0 Å². The zero-order chi connectivity index (χ0) is 13.3. The van der Waals surface area contributed by atoms with Gasteiger partial charge in [-0.2, -0.15) is 0 Å². The van der Waals surface area contributed by atoms with Crippen LogP contribution in [0.25, 0.3) is 0 Å². The fraction of sp³-hybridized carbons (Fsp3) is 0.625. The smallest absolute Gasteiger partial charge is 0.122 e. The number of ether oxygens (including phenoxy) is 2. The van der Waals surface area contributed by atoms with Crippen molar-refractivity contribution in [1.82, 2.24) is 5.32 Å². The molecule has 1 saturated heterocycles. The standard InChI is InChI=1S/C16H23NO2/c1-12-16(11-17-2,7-8-18-12)9-13-10-19-15-6-4-3-5-14(13)15/h3-6,12-13,17H,7-11H2,1-2H3. The second-order valence-electron chi connectivity index (χ2n) is 5.91. The number of rotatable bonds is 4. The van der Waals surface area contributed by atoms with Gasteiger partial charge in [0.05, 0.1) is 12.7 Å². The van der Waals surface area contributed by atoms with Crippen molar-refractivity contribution in [3.63, 3.8) is 0 Å². The fourth-order valence-electron chi connectivity index (χ4n) is 3.63. The van der Waals surface area contributed by atoms with E-state index in [0.717, 1.165) is 38.3 Å². The highest BCUT2D eigenvalue weighted by Gasteiger charge is 2.44. The Bertz CT molecular complexity index is 448. The third-order valence-corrected chi connectivity index (χ3v) is 4.81. The van der Waals surface area contributed by atoms with E-state index in [9.17, 15) is 0 Å². The van der Waals surface area contributed by atoms with Gasteiger partial charge >= 0.3 is 0 Å². The predicted molar refractivity (Wildman–Crippen MR) is 75.7 cm³/mol. The van der Waals surface area contributed by atoms with Crippen LogP contribution in [0.5, 0.6) is 5.75 Å². The molecular weight excluding hydrogens is 238 g/mol. The van der Waals surface area contributed by atoms with Gasteiger partial charge in [-0.1, -0.05) is 18.2 Å². The van der Waals surface area contributed by atoms with Gasteiger partial charge in [0.2, 0.25) is 0 Å². The van der Waals surface area contributed by atoms with Gasteiger partial charge in [0.25, 0.3) is 0 Å². The van der Waals surface area contributed by atoms with Crippen LogP contribution in [0.15, 0.2) is 24.3 Å². The summed E-state index contributed by atoms with van der Waals surface area (Å²) < 4.78 is 11.7. The van der Waals surface area contributed by atoms with E-state index in [4.69, 9.17) is 9.47 Å². The van der Waals surface area contributed by atoms with E-state index < -0.39 is 0 Å². The van der Waals surface area contributed by atoms with Crippen molar-refractivity contribution < 1.29 is 9.47 Å². The average Bonchev–Trinajstić information content (AvgIpc) is 2.97. The molecule has 0 saturated carbocycles. The molecule has 3 rings (SSSR count). The summed E-state index contributed by atoms with van der Waals surface area (Å²) in [4.78, 5) is 0. The number of nitrogens with one attached hydrogen (secondary N) is 1. The third kappa shape index (κ3) is 2.26. The molecule has 19 heavy (non-hydrogen) atoms.